The number of hydrogen-bond acceptors (Lipinski definition) is 3. The number of carbonyl (C=O) groups is 1. The van der Waals surface area contributed by atoms with Gasteiger partial charge in [0.25, 0.3) is 11.5 Å². The SMILES string of the molecule is Cc1ccc(C(=O)N2CCCC(Cc3cccnc3)C2)c(=O)[nH]1. The fraction of sp³-hybridized carbons (Fsp3) is 0.389. The Morgan fingerprint density at radius 3 is 3.00 bits per heavy atom. The zero-order valence-electron chi connectivity index (χ0n) is 13.3. The van der Waals surface area contributed by atoms with Crippen LogP contribution in [0, 0.1) is 12.8 Å². The monoisotopic (exact) mass is 311 g/mol. The molecule has 5 nitrogen and oxygen atoms in total. The van der Waals surface area contributed by atoms with Crippen LogP contribution in [0.25, 0.3) is 0 Å². The van der Waals surface area contributed by atoms with Crippen molar-refractivity contribution in [3.05, 3.63) is 63.8 Å². The largest absolute Gasteiger partial charge is 0.338 e. The molecule has 3 rings (SSSR count). The van der Waals surface area contributed by atoms with Gasteiger partial charge in [0.2, 0.25) is 0 Å². The summed E-state index contributed by atoms with van der Waals surface area (Å²) in [6.45, 7) is 3.22. The van der Waals surface area contributed by atoms with E-state index in [9.17, 15) is 9.59 Å². The molecule has 1 amide bonds. The first-order valence-electron chi connectivity index (χ1n) is 8.01. The molecule has 2 aromatic heterocycles. The highest BCUT2D eigenvalue weighted by molar-refractivity contribution is 5.93. The average molecular weight is 311 g/mol. The highest BCUT2D eigenvalue weighted by Crippen LogP contribution is 2.21. The van der Waals surface area contributed by atoms with Crippen LogP contribution in [0.15, 0.2) is 41.5 Å². The summed E-state index contributed by atoms with van der Waals surface area (Å²) < 4.78 is 0. The van der Waals surface area contributed by atoms with E-state index in [1.807, 2.05) is 17.2 Å². The number of hydrogen-bond donors (Lipinski definition) is 1. The number of piperidine rings is 1. The lowest BCUT2D eigenvalue weighted by Crippen LogP contribution is -2.42. The van der Waals surface area contributed by atoms with Gasteiger partial charge in [0.1, 0.15) is 5.56 Å². The molecule has 120 valence electrons. The van der Waals surface area contributed by atoms with Crippen molar-refractivity contribution < 1.29 is 4.79 Å². The van der Waals surface area contributed by atoms with E-state index in [-0.39, 0.29) is 17.0 Å². The smallest absolute Gasteiger partial charge is 0.260 e. The number of H-pyrrole nitrogens is 1. The summed E-state index contributed by atoms with van der Waals surface area (Å²) in [4.78, 5) is 33.3. The van der Waals surface area contributed by atoms with Gasteiger partial charge in [-0.1, -0.05) is 6.07 Å². The number of nitrogens with one attached hydrogen (secondary N) is 1. The maximum absolute atomic E-state index is 12.6. The van der Waals surface area contributed by atoms with Gasteiger partial charge >= 0.3 is 0 Å². The van der Waals surface area contributed by atoms with Crippen molar-refractivity contribution in [1.29, 1.82) is 0 Å². The zero-order chi connectivity index (χ0) is 16.2. The van der Waals surface area contributed by atoms with Crippen LogP contribution < -0.4 is 5.56 Å². The minimum Gasteiger partial charge on any atom is -0.338 e. The Bertz CT molecular complexity index is 739. The molecule has 1 aliphatic rings. The summed E-state index contributed by atoms with van der Waals surface area (Å²) in [5.41, 5.74) is 1.89. The first kappa shape index (κ1) is 15.5. The number of pyridine rings is 2. The molecule has 2 aromatic rings. The van der Waals surface area contributed by atoms with Crippen molar-refractivity contribution >= 4 is 5.91 Å². The van der Waals surface area contributed by atoms with Crippen LogP contribution in [0.4, 0.5) is 0 Å². The molecule has 0 aliphatic carbocycles. The van der Waals surface area contributed by atoms with E-state index >= 15 is 0 Å². The normalized spacial score (nSPS) is 18.0. The van der Waals surface area contributed by atoms with Crippen LogP contribution in [0.1, 0.15) is 34.5 Å². The zero-order valence-corrected chi connectivity index (χ0v) is 13.3. The molecule has 1 fully saturated rings. The van der Waals surface area contributed by atoms with Gasteiger partial charge in [-0.3, -0.25) is 14.6 Å². The Morgan fingerprint density at radius 2 is 2.26 bits per heavy atom. The Hall–Kier alpha value is -2.43. The Balaban J connectivity index is 1.70. The molecular weight excluding hydrogens is 290 g/mol. The van der Waals surface area contributed by atoms with Crippen LogP contribution in [-0.4, -0.2) is 33.9 Å². The van der Waals surface area contributed by atoms with Crippen molar-refractivity contribution in [2.75, 3.05) is 13.1 Å². The molecule has 1 saturated heterocycles. The number of aryl methyl sites for hydroxylation is 1. The van der Waals surface area contributed by atoms with Gasteiger partial charge in [0.05, 0.1) is 0 Å². The second-order valence-corrected chi connectivity index (χ2v) is 6.21. The predicted molar refractivity (Wildman–Crippen MR) is 88.4 cm³/mol. The number of aromatic nitrogens is 2. The number of nitrogens with zero attached hydrogens (tertiary/aromatic N) is 2. The molecule has 0 spiro atoms. The standard InChI is InChI=1S/C18H21N3O2/c1-13-6-7-16(17(22)20-13)18(23)21-9-3-5-15(12-21)10-14-4-2-8-19-11-14/h2,4,6-8,11,15H,3,5,9-10,12H2,1H3,(H,20,22). The van der Waals surface area contributed by atoms with E-state index in [1.54, 1.807) is 25.3 Å². The third-order valence-corrected chi connectivity index (χ3v) is 4.34. The fourth-order valence-electron chi connectivity index (χ4n) is 3.18. The highest BCUT2D eigenvalue weighted by atomic mass is 16.2. The van der Waals surface area contributed by atoms with E-state index in [0.29, 0.717) is 12.5 Å². The second kappa shape index (κ2) is 6.77. The Morgan fingerprint density at radius 1 is 1.39 bits per heavy atom. The lowest BCUT2D eigenvalue weighted by atomic mass is 9.91. The number of amides is 1. The molecule has 1 aliphatic heterocycles. The van der Waals surface area contributed by atoms with Gasteiger partial charge in [0, 0.05) is 31.2 Å². The van der Waals surface area contributed by atoms with E-state index in [2.05, 4.69) is 16.0 Å². The molecule has 0 saturated carbocycles. The van der Waals surface area contributed by atoms with Crippen LogP contribution >= 0.6 is 0 Å². The third-order valence-electron chi connectivity index (χ3n) is 4.34. The molecule has 5 heteroatoms. The van der Waals surface area contributed by atoms with Gasteiger partial charge in [-0.2, -0.15) is 0 Å². The predicted octanol–water partition coefficient (Wildman–Crippen LogP) is 2.17. The molecule has 0 radical (unpaired) electrons. The van der Waals surface area contributed by atoms with Gasteiger partial charge in [-0.15, -0.1) is 0 Å². The fourth-order valence-corrected chi connectivity index (χ4v) is 3.18. The van der Waals surface area contributed by atoms with Crippen molar-refractivity contribution in [1.82, 2.24) is 14.9 Å². The molecule has 0 bridgehead atoms. The van der Waals surface area contributed by atoms with Crippen LogP contribution in [0.5, 0.6) is 0 Å². The topological polar surface area (TPSA) is 66.1 Å². The van der Waals surface area contributed by atoms with Gasteiger partial charge in [-0.05, 0) is 55.9 Å². The quantitative estimate of drug-likeness (QED) is 0.945. The molecule has 0 aromatic carbocycles. The summed E-state index contributed by atoms with van der Waals surface area (Å²) >= 11 is 0. The molecule has 1 atom stereocenters. The minimum absolute atomic E-state index is 0.165. The summed E-state index contributed by atoms with van der Waals surface area (Å²) in [5.74, 6) is 0.253. The van der Waals surface area contributed by atoms with E-state index in [4.69, 9.17) is 0 Å². The maximum atomic E-state index is 12.6. The second-order valence-electron chi connectivity index (χ2n) is 6.21. The summed E-state index contributed by atoms with van der Waals surface area (Å²) in [5, 5.41) is 0. The van der Waals surface area contributed by atoms with Crippen molar-refractivity contribution in [3.63, 3.8) is 0 Å². The lowest BCUT2D eigenvalue weighted by Gasteiger charge is -2.32. The van der Waals surface area contributed by atoms with Crippen molar-refractivity contribution in [2.24, 2.45) is 5.92 Å². The van der Waals surface area contributed by atoms with Crippen molar-refractivity contribution in [2.45, 2.75) is 26.2 Å². The van der Waals surface area contributed by atoms with E-state index in [0.717, 1.165) is 31.5 Å². The summed E-state index contributed by atoms with van der Waals surface area (Å²) in [7, 11) is 0. The number of rotatable bonds is 3. The number of aromatic amines is 1. The summed E-state index contributed by atoms with van der Waals surface area (Å²) in [6, 6.07) is 7.40. The number of carbonyl (C=O) groups excluding carboxylic acids is 1. The molecule has 3 heterocycles. The lowest BCUT2D eigenvalue weighted by molar-refractivity contribution is 0.0671. The van der Waals surface area contributed by atoms with Gasteiger partial charge in [-0.25, -0.2) is 0 Å². The number of likely N-dealkylation sites (tertiary alicyclic amines) is 1. The van der Waals surface area contributed by atoms with Gasteiger partial charge < -0.3 is 9.88 Å². The highest BCUT2D eigenvalue weighted by Gasteiger charge is 2.26. The molecule has 1 N–H and O–H groups in total. The van der Waals surface area contributed by atoms with Crippen LogP contribution in [-0.2, 0) is 6.42 Å². The molecule has 23 heavy (non-hydrogen) atoms. The average Bonchev–Trinajstić information content (AvgIpc) is 2.55. The third kappa shape index (κ3) is 3.67. The van der Waals surface area contributed by atoms with Crippen LogP contribution in [0.2, 0.25) is 0 Å². The van der Waals surface area contributed by atoms with Crippen molar-refractivity contribution in [3.8, 4) is 0 Å². The van der Waals surface area contributed by atoms with Crippen LogP contribution in [0.3, 0.4) is 0 Å². The van der Waals surface area contributed by atoms with Gasteiger partial charge in [0.15, 0.2) is 0 Å². The maximum Gasteiger partial charge on any atom is 0.260 e. The Labute approximate surface area is 135 Å². The van der Waals surface area contributed by atoms with E-state index < -0.39 is 0 Å². The van der Waals surface area contributed by atoms with E-state index in [1.165, 1.54) is 5.56 Å². The first-order valence-corrected chi connectivity index (χ1v) is 8.01. The molecular formula is C18H21N3O2. The minimum atomic E-state index is -0.301. The Kier molecular flexibility index (Phi) is 4.55. The summed E-state index contributed by atoms with van der Waals surface area (Å²) in [6.07, 6.45) is 6.64. The molecule has 1 unspecified atom stereocenters. The first-order chi connectivity index (χ1) is 11.1.